The first-order valence-corrected chi connectivity index (χ1v) is 1.91. The molecule has 0 nitrogen and oxygen atoms in total. The molecule has 0 unspecified atom stereocenters. The fourth-order valence-electron chi connectivity index (χ4n) is 0. The molecule has 0 aromatic carbocycles. The third-order valence-electron chi connectivity index (χ3n) is 0.604. The second kappa shape index (κ2) is 5.03. The SMILES string of the molecule is C=C(C)CC.Cl. The molecule has 0 fully saturated rings. The van der Waals surface area contributed by atoms with Crippen LogP contribution in [0.3, 0.4) is 0 Å². The number of hydrogen-bond acceptors (Lipinski definition) is 0. The fraction of sp³-hybridized carbons (Fsp3) is 0.600. The van der Waals surface area contributed by atoms with E-state index in [4.69, 9.17) is 0 Å². The molecule has 0 bridgehead atoms. The third kappa shape index (κ3) is 8.98. The van der Waals surface area contributed by atoms with E-state index in [9.17, 15) is 0 Å². The van der Waals surface area contributed by atoms with E-state index in [1.807, 2.05) is 6.92 Å². The topological polar surface area (TPSA) is 0 Å². The lowest BCUT2D eigenvalue weighted by atomic mass is 10.3. The highest BCUT2D eigenvalue weighted by Gasteiger charge is 1.67. The minimum absolute atomic E-state index is 0. The molecular weight excluding hydrogens is 95.5 g/mol. The number of hydrogen-bond donors (Lipinski definition) is 0. The van der Waals surface area contributed by atoms with Gasteiger partial charge in [-0.15, -0.1) is 19.0 Å². The van der Waals surface area contributed by atoms with E-state index in [1.165, 1.54) is 5.57 Å². The molecule has 0 spiro atoms. The zero-order valence-electron chi connectivity index (χ0n) is 4.32. The maximum absolute atomic E-state index is 3.67. The van der Waals surface area contributed by atoms with Crippen LogP contribution in [0.25, 0.3) is 0 Å². The third-order valence-corrected chi connectivity index (χ3v) is 0.604. The van der Waals surface area contributed by atoms with Gasteiger partial charge < -0.3 is 0 Å². The lowest BCUT2D eigenvalue weighted by molar-refractivity contribution is 1.11. The van der Waals surface area contributed by atoms with Crippen molar-refractivity contribution in [2.75, 3.05) is 0 Å². The molecule has 0 aliphatic carbocycles. The Kier molecular flexibility index (Phi) is 7.88. The molecule has 0 aliphatic heterocycles. The monoisotopic (exact) mass is 106 g/mol. The highest BCUT2D eigenvalue weighted by molar-refractivity contribution is 5.85. The predicted molar refractivity (Wildman–Crippen MR) is 32.4 cm³/mol. The molecule has 6 heavy (non-hydrogen) atoms. The Morgan fingerprint density at radius 3 is 1.83 bits per heavy atom. The van der Waals surface area contributed by atoms with E-state index in [2.05, 4.69) is 13.5 Å². The van der Waals surface area contributed by atoms with Gasteiger partial charge >= 0.3 is 0 Å². The Labute approximate surface area is 45.7 Å². The Morgan fingerprint density at radius 2 is 1.83 bits per heavy atom. The van der Waals surface area contributed by atoms with Crippen LogP contribution in [0.4, 0.5) is 0 Å². The zero-order chi connectivity index (χ0) is 4.28. The van der Waals surface area contributed by atoms with Crippen molar-refractivity contribution in [1.82, 2.24) is 0 Å². The van der Waals surface area contributed by atoms with Gasteiger partial charge in [0.25, 0.3) is 0 Å². The molecule has 1 heteroatoms. The maximum Gasteiger partial charge on any atom is -0.0354 e. The average molecular weight is 107 g/mol. The van der Waals surface area contributed by atoms with Crippen LogP contribution in [-0.2, 0) is 0 Å². The quantitative estimate of drug-likeness (QED) is 0.451. The van der Waals surface area contributed by atoms with Crippen molar-refractivity contribution in [3.8, 4) is 0 Å². The van der Waals surface area contributed by atoms with Gasteiger partial charge in [0.15, 0.2) is 0 Å². The largest absolute Gasteiger partial charge is 0.147 e. The normalized spacial score (nSPS) is 6.33. The fourth-order valence-corrected chi connectivity index (χ4v) is 0. The summed E-state index contributed by atoms with van der Waals surface area (Å²) in [6.07, 6.45) is 1.11. The average Bonchev–Trinajstić information content (AvgIpc) is 1.38. The molecule has 0 rings (SSSR count). The van der Waals surface area contributed by atoms with E-state index in [0.717, 1.165) is 6.42 Å². The summed E-state index contributed by atoms with van der Waals surface area (Å²) in [5.74, 6) is 0. The maximum atomic E-state index is 3.67. The highest BCUT2D eigenvalue weighted by atomic mass is 35.5. The van der Waals surface area contributed by atoms with Crippen molar-refractivity contribution in [3.63, 3.8) is 0 Å². The second-order valence-corrected chi connectivity index (χ2v) is 1.31. The molecule has 0 amide bonds. The summed E-state index contributed by atoms with van der Waals surface area (Å²) in [6.45, 7) is 7.80. The summed E-state index contributed by atoms with van der Waals surface area (Å²) < 4.78 is 0. The summed E-state index contributed by atoms with van der Waals surface area (Å²) in [6, 6.07) is 0. The smallest absolute Gasteiger partial charge is 0.0354 e. The van der Waals surface area contributed by atoms with Crippen molar-refractivity contribution in [1.29, 1.82) is 0 Å². The highest BCUT2D eigenvalue weighted by Crippen LogP contribution is 1.88. The summed E-state index contributed by atoms with van der Waals surface area (Å²) >= 11 is 0. The number of rotatable bonds is 1. The Bertz CT molecular complexity index is 39.2. The van der Waals surface area contributed by atoms with Crippen LogP contribution < -0.4 is 0 Å². The van der Waals surface area contributed by atoms with Crippen molar-refractivity contribution < 1.29 is 0 Å². The van der Waals surface area contributed by atoms with Gasteiger partial charge in [-0.2, -0.15) is 0 Å². The summed E-state index contributed by atoms with van der Waals surface area (Å²) in [5, 5.41) is 0. The van der Waals surface area contributed by atoms with Crippen LogP contribution in [0.5, 0.6) is 0 Å². The van der Waals surface area contributed by atoms with Gasteiger partial charge in [-0.3, -0.25) is 0 Å². The minimum Gasteiger partial charge on any atom is -0.147 e. The molecule has 0 aromatic rings. The van der Waals surface area contributed by atoms with Gasteiger partial charge in [0.1, 0.15) is 0 Å². The van der Waals surface area contributed by atoms with E-state index in [1.54, 1.807) is 0 Å². The van der Waals surface area contributed by atoms with Crippen LogP contribution in [0, 0.1) is 0 Å². The van der Waals surface area contributed by atoms with Crippen LogP contribution in [0.1, 0.15) is 20.3 Å². The van der Waals surface area contributed by atoms with Crippen molar-refractivity contribution >= 4 is 12.4 Å². The van der Waals surface area contributed by atoms with Gasteiger partial charge in [-0.05, 0) is 13.3 Å². The first-order chi connectivity index (χ1) is 2.27. The van der Waals surface area contributed by atoms with E-state index < -0.39 is 0 Å². The first-order valence-electron chi connectivity index (χ1n) is 1.91. The minimum atomic E-state index is 0. The lowest BCUT2D eigenvalue weighted by Crippen LogP contribution is -1.58. The van der Waals surface area contributed by atoms with Gasteiger partial charge in [0.2, 0.25) is 0 Å². The van der Waals surface area contributed by atoms with Crippen molar-refractivity contribution in [2.45, 2.75) is 20.3 Å². The molecule has 0 radical (unpaired) electrons. The summed E-state index contributed by atoms with van der Waals surface area (Å²) in [7, 11) is 0. The van der Waals surface area contributed by atoms with Gasteiger partial charge in [0, 0.05) is 0 Å². The molecule has 0 saturated heterocycles. The standard InChI is InChI=1S/C5H10.ClH/c1-4-5(2)3;/h2,4H2,1,3H3;1H. The molecule has 0 aliphatic rings. The summed E-state index contributed by atoms with van der Waals surface area (Å²) in [4.78, 5) is 0. The van der Waals surface area contributed by atoms with E-state index in [0.29, 0.717) is 0 Å². The zero-order valence-corrected chi connectivity index (χ0v) is 5.14. The molecule has 0 saturated carbocycles. The Morgan fingerprint density at radius 1 is 1.67 bits per heavy atom. The number of halogens is 1. The van der Waals surface area contributed by atoms with Crippen LogP contribution in [0.15, 0.2) is 12.2 Å². The van der Waals surface area contributed by atoms with E-state index >= 15 is 0 Å². The lowest BCUT2D eigenvalue weighted by Gasteiger charge is -1.79. The molecule has 0 N–H and O–H groups in total. The molecule has 0 atom stereocenters. The molecular formula is C5H11Cl. The first kappa shape index (κ1) is 9.39. The van der Waals surface area contributed by atoms with Crippen molar-refractivity contribution in [3.05, 3.63) is 12.2 Å². The van der Waals surface area contributed by atoms with Crippen molar-refractivity contribution in [2.24, 2.45) is 0 Å². The Balaban J connectivity index is 0. The Hall–Kier alpha value is 0.0300. The second-order valence-electron chi connectivity index (χ2n) is 1.31. The van der Waals surface area contributed by atoms with Crippen LogP contribution >= 0.6 is 12.4 Å². The molecule has 38 valence electrons. The van der Waals surface area contributed by atoms with Crippen LogP contribution in [-0.4, -0.2) is 0 Å². The van der Waals surface area contributed by atoms with Gasteiger partial charge in [0.05, 0.1) is 0 Å². The van der Waals surface area contributed by atoms with E-state index in [-0.39, 0.29) is 12.4 Å². The predicted octanol–water partition coefficient (Wildman–Crippen LogP) is 2.39. The number of allylic oxidation sites excluding steroid dienone is 1. The van der Waals surface area contributed by atoms with Gasteiger partial charge in [-0.1, -0.05) is 12.5 Å². The van der Waals surface area contributed by atoms with Gasteiger partial charge in [-0.25, -0.2) is 0 Å². The molecule has 0 aromatic heterocycles. The summed E-state index contributed by atoms with van der Waals surface area (Å²) in [5.41, 5.74) is 1.25. The molecule has 0 heterocycles. The van der Waals surface area contributed by atoms with Crippen LogP contribution in [0.2, 0.25) is 0 Å².